The largest absolute Gasteiger partial charge is 0.348 e. The third-order valence-corrected chi connectivity index (χ3v) is 8.58. The van der Waals surface area contributed by atoms with Crippen molar-refractivity contribution in [1.82, 2.24) is 5.32 Å². The van der Waals surface area contributed by atoms with Gasteiger partial charge < -0.3 is 5.32 Å². The Kier molecular flexibility index (Phi) is 7.43. The monoisotopic (exact) mass is 540 g/mol. The van der Waals surface area contributed by atoms with Crippen LogP contribution in [0.25, 0.3) is 0 Å². The van der Waals surface area contributed by atoms with Gasteiger partial charge in [0.15, 0.2) is 0 Å². The molecule has 0 spiro atoms. The minimum atomic E-state index is -3.93. The van der Waals surface area contributed by atoms with Gasteiger partial charge in [0, 0.05) is 4.47 Å². The Morgan fingerprint density at radius 1 is 0.971 bits per heavy atom. The fourth-order valence-corrected chi connectivity index (χ4v) is 5.97. The molecule has 178 valence electrons. The molecular formula is C27H29BrN2O3S. The van der Waals surface area contributed by atoms with Gasteiger partial charge in [-0.3, -0.25) is 9.10 Å². The van der Waals surface area contributed by atoms with Gasteiger partial charge in [-0.15, -0.1) is 0 Å². The van der Waals surface area contributed by atoms with Crippen LogP contribution in [0.4, 0.5) is 5.69 Å². The van der Waals surface area contributed by atoms with Crippen molar-refractivity contribution in [2.75, 3.05) is 10.8 Å². The lowest BCUT2D eigenvalue weighted by molar-refractivity contribution is -0.120. The first-order valence-corrected chi connectivity index (χ1v) is 13.7. The number of carbonyl (C=O) groups is 1. The van der Waals surface area contributed by atoms with Crippen LogP contribution in [-0.4, -0.2) is 20.9 Å². The van der Waals surface area contributed by atoms with Crippen LogP contribution < -0.4 is 9.62 Å². The molecule has 4 rings (SSSR count). The van der Waals surface area contributed by atoms with Gasteiger partial charge in [-0.1, -0.05) is 51.8 Å². The molecular weight excluding hydrogens is 512 g/mol. The van der Waals surface area contributed by atoms with E-state index in [1.54, 1.807) is 48.5 Å². The number of nitrogens with zero attached hydrogens (tertiary/aromatic N) is 1. The second kappa shape index (κ2) is 10.3. The standard InChI is InChI=1S/C27H29BrN2O3S/c1-19-7-15-26(16-8-19)34(32,33)30(25-13-11-24(28)12-14-25)18-27(31)29-20(2)22-10-9-21-5-3-4-6-23(21)17-22/h7-17,20H,3-6,18H2,1-2H3,(H,29,31). The molecule has 0 fully saturated rings. The quantitative estimate of drug-likeness (QED) is 0.417. The lowest BCUT2D eigenvalue weighted by Gasteiger charge is -2.25. The van der Waals surface area contributed by atoms with E-state index in [2.05, 4.69) is 39.4 Å². The SMILES string of the molecule is Cc1ccc(S(=O)(=O)N(CC(=O)NC(C)c2ccc3c(c2)CCCC3)c2ccc(Br)cc2)cc1. The Morgan fingerprint density at radius 2 is 1.62 bits per heavy atom. The number of amides is 1. The molecule has 3 aromatic rings. The van der Waals surface area contributed by atoms with E-state index < -0.39 is 10.0 Å². The van der Waals surface area contributed by atoms with E-state index in [1.807, 2.05) is 13.8 Å². The average molecular weight is 542 g/mol. The van der Waals surface area contributed by atoms with Crippen LogP contribution in [0, 0.1) is 6.92 Å². The summed E-state index contributed by atoms with van der Waals surface area (Å²) in [5.41, 5.74) is 5.17. The number of hydrogen-bond acceptors (Lipinski definition) is 3. The lowest BCUT2D eigenvalue weighted by atomic mass is 9.89. The van der Waals surface area contributed by atoms with Gasteiger partial charge in [0.25, 0.3) is 10.0 Å². The highest BCUT2D eigenvalue weighted by atomic mass is 79.9. The number of anilines is 1. The summed E-state index contributed by atoms with van der Waals surface area (Å²) in [6.07, 6.45) is 4.58. The second-order valence-electron chi connectivity index (χ2n) is 8.83. The van der Waals surface area contributed by atoms with Crippen LogP contribution in [0.15, 0.2) is 76.1 Å². The zero-order valence-corrected chi connectivity index (χ0v) is 21.8. The molecule has 7 heteroatoms. The van der Waals surface area contributed by atoms with Gasteiger partial charge in [-0.25, -0.2) is 8.42 Å². The minimum Gasteiger partial charge on any atom is -0.348 e. The maximum absolute atomic E-state index is 13.5. The number of rotatable bonds is 7. The number of carbonyl (C=O) groups excluding carboxylic acids is 1. The summed E-state index contributed by atoms with van der Waals surface area (Å²) in [6.45, 7) is 3.52. The van der Waals surface area contributed by atoms with E-state index >= 15 is 0 Å². The first kappa shape index (κ1) is 24.5. The van der Waals surface area contributed by atoms with E-state index in [0.29, 0.717) is 5.69 Å². The highest BCUT2D eigenvalue weighted by Gasteiger charge is 2.28. The number of halogens is 1. The summed E-state index contributed by atoms with van der Waals surface area (Å²) in [5.74, 6) is -0.358. The summed E-state index contributed by atoms with van der Waals surface area (Å²) in [7, 11) is -3.93. The molecule has 0 saturated heterocycles. The van der Waals surface area contributed by atoms with E-state index in [4.69, 9.17) is 0 Å². The number of nitrogens with one attached hydrogen (secondary N) is 1. The molecule has 1 unspecified atom stereocenters. The molecule has 0 bridgehead atoms. The molecule has 0 aliphatic heterocycles. The zero-order valence-electron chi connectivity index (χ0n) is 19.4. The number of hydrogen-bond donors (Lipinski definition) is 1. The van der Waals surface area contributed by atoms with Crippen molar-refractivity contribution < 1.29 is 13.2 Å². The van der Waals surface area contributed by atoms with E-state index in [1.165, 1.54) is 28.3 Å². The van der Waals surface area contributed by atoms with Gasteiger partial charge in [-0.2, -0.15) is 0 Å². The molecule has 1 aliphatic carbocycles. The van der Waals surface area contributed by atoms with Gasteiger partial charge in [0.1, 0.15) is 6.54 Å². The molecule has 1 atom stereocenters. The highest BCUT2D eigenvalue weighted by molar-refractivity contribution is 9.10. The predicted octanol–water partition coefficient (Wildman–Crippen LogP) is 5.71. The Morgan fingerprint density at radius 3 is 2.29 bits per heavy atom. The molecule has 1 amide bonds. The maximum atomic E-state index is 13.5. The molecule has 0 heterocycles. The van der Waals surface area contributed by atoms with Crippen molar-refractivity contribution >= 4 is 37.5 Å². The molecule has 0 aromatic heterocycles. The number of benzene rings is 3. The molecule has 34 heavy (non-hydrogen) atoms. The van der Waals surface area contributed by atoms with Gasteiger partial charge in [0.2, 0.25) is 5.91 Å². The van der Waals surface area contributed by atoms with Crippen LogP contribution in [0.5, 0.6) is 0 Å². The fraction of sp³-hybridized carbons (Fsp3) is 0.296. The summed E-state index contributed by atoms with van der Waals surface area (Å²) in [5, 5.41) is 2.99. The summed E-state index contributed by atoms with van der Waals surface area (Å²) >= 11 is 3.39. The van der Waals surface area contributed by atoms with Crippen molar-refractivity contribution in [2.24, 2.45) is 0 Å². The van der Waals surface area contributed by atoms with Crippen molar-refractivity contribution in [2.45, 2.75) is 50.5 Å². The van der Waals surface area contributed by atoms with Crippen LogP contribution in [0.2, 0.25) is 0 Å². The Balaban J connectivity index is 1.56. The van der Waals surface area contributed by atoms with Crippen molar-refractivity contribution in [3.8, 4) is 0 Å². The minimum absolute atomic E-state index is 0.150. The smallest absolute Gasteiger partial charge is 0.264 e. The van der Waals surface area contributed by atoms with Gasteiger partial charge >= 0.3 is 0 Å². The fourth-order valence-electron chi connectivity index (χ4n) is 4.28. The second-order valence-corrected chi connectivity index (χ2v) is 11.6. The van der Waals surface area contributed by atoms with Gasteiger partial charge in [-0.05, 0) is 92.6 Å². The highest BCUT2D eigenvalue weighted by Crippen LogP contribution is 2.27. The maximum Gasteiger partial charge on any atom is 0.264 e. The number of fused-ring (bicyclic) bond motifs is 1. The molecule has 0 saturated carbocycles. The van der Waals surface area contributed by atoms with E-state index in [9.17, 15) is 13.2 Å². The van der Waals surface area contributed by atoms with Crippen molar-refractivity contribution in [1.29, 1.82) is 0 Å². The summed E-state index contributed by atoms with van der Waals surface area (Å²) in [4.78, 5) is 13.2. The van der Waals surface area contributed by atoms with Crippen LogP contribution >= 0.6 is 15.9 Å². The van der Waals surface area contributed by atoms with Gasteiger partial charge in [0.05, 0.1) is 16.6 Å². The number of aryl methyl sites for hydroxylation is 3. The summed E-state index contributed by atoms with van der Waals surface area (Å²) in [6, 6.07) is 19.7. The van der Waals surface area contributed by atoms with Crippen LogP contribution in [-0.2, 0) is 27.7 Å². The van der Waals surface area contributed by atoms with Crippen molar-refractivity contribution in [3.05, 3.63) is 93.5 Å². The van der Waals surface area contributed by atoms with Crippen LogP contribution in [0.1, 0.15) is 48.1 Å². The summed E-state index contributed by atoms with van der Waals surface area (Å²) < 4.78 is 29.0. The van der Waals surface area contributed by atoms with E-state index in [-0.39, 0.29) is 23.4 Å². The first-order valence-electron chi connectivity index (χ1n) is 11.5. The number of sulfonamides is 1. The molecule has 1 N–H and O–H groups in total. The normalized spacial score (nSPS) is 14.2. The Labute approximate surface area is 210 Å². The molecule has 5 nitrogen and oxygen atoms in total. The first-order chi connectivity index (χ1) is 16.2. The molecule has 1 aliphatic rings. The third-order valence-electron chi connectivity index (χ3n) is 6.26. The third kappa shape index (κ3) is 5.53. The Bertz CT molecular complexity index is 1270. The topological polar surface area (TPSA) is 66.5 Å². The predicted molar refractivity (Wildman–Crippen MR) is 139 cm³/mol. The van der Waals surface area contributed by atoms with Crippen LogP contribution in [0.3, 0.4) is 0 Å². The van der Waals surface area contributed by atoms with E-state index in [0.717, 1.165) is 28.4 Å². The zero-order chi connectivity index (χ0) is 24.3. The average Bonchev–Trinajstić information content (AvgIpc) is 2.83. The molecule has 3 aromatic carbocycles. The van der Waals surface area contributed by atoms with Crippen molar-refractivity contribution in [3.63, 3.8) is 0 Å². The lowest BCUT2D eigenvalue weighted by Crippen LogP contribution is -2.41. The Hall–Kier alpha value is -2.64. The molecule has 0 radical (unpaired) electrons.